The first kappa shape index (κ1) is 6.84. The molecule has 4 nitrogen and oxygen atoms in total. The van der Waals surface area contributed by atoms with Gasteiger partial charge in [0.15, 0.2) is 6.20 Å². The minimum atomic E-state index is -0.245. The largest absolute Gasteiger partial charge is 0.522 e. The Morgan fingerprint density at radius 2 is 2.08 bits per heavy atom. The minimum Gasteiger partial charge on any atom is -0.522 e. The van der Waals surface area contributed by atoms with E-state index in [1.807, 2.05) is 0 Å². The molecule has 1 aromatic carbocycles. The van der Waals surface area contributed by atoms with E-state index in [0.717, 1.165) is 6.20 Å². The Bertz CT molecular complexity index is 475. The average molecular weight is 163 g/mol. The molecule has 0 atom stereocenters. The number of aromatic nitrogens is 1. The van der Waals surface area contributed by atoms with Crippen LogP contribution >= 0.6 is 0 Å². The molecule has 1 heterocycles. The van der Waals surface area contributed by atoms with Crippen molar-refractivity contribution in [2.45, 2.75) is 0 Å². The molecule has 0 N–H and O–H groups in total. The monoisotopic (exact) mass is 163 g/mol. The Kier molecular flexibility index (Phi) is 1.33. The van der Waals surface area contributed by atoms with Gasteiger partial charge in [-0.15, -0.1) is 0 Å². The van der Waals surface area contributed by atoms with E-state index in [4.69, 9.17) is 0 Å². The summed E-state index contributed by atoms with van der Waals surface area (Å²) in [6, 6.07) is 6.48. The molecule has 0 aliphatic carbocycles. The zero-order chi connectivity index (χ0) is 8.55. The third-order valence-corrected chi connectivity index (χ3v) is 1.61. The van der Waals surface area contributed by atoms with Crippen molar-refractivity contribution in [3.8, 4) is 0 Å². The Morgan fingerprint density at radius 3 is 2.83 bits per heavy atom. The standard InChI is InChI=1S/C8H5NO3/c10-7-5-9-12(11)8-4-2-1-3-6(7)8/h1-5H. The summed E-state index contributed by atoms with van der Waals surface area (Å²) in [5.74, 6) is 0. The second kappa shape index (κ2) is 2.34. The van der Waals surface area contributed by atoms with Crippen LogP contribution in [0.1, 0.15) is 0 Å². The van der Waals surface area contributed by atoms with E-state index in [2.05, 4.69) is 5.16 Å². The molecule has 0 amide bonds. The van der Waals surface area contributed by atoms with E-state index in [9.17, 15) is 10.1 Å². The number of para-hydroxylation sites is 1. The molecular formula is C8H5NO3. The SMILES string of the molecule is O=c1cn[o+]([O-])c2ccccc12. The fraction of sp³-hybridized carbons (Fsp3) is 0. The number of rotatable bonds is 0. The van der Waals surface area contributed by atoms with Crippen molar-refractivity contribution in [1.29, 1.82) is 0 Å². The van der Waals surface area contributed by atoms with Gasteiger partial charge in [-0.1, -0.05) is 12.1 Å². The Labute approximate surface area is 67.3 Å². The highest BCUT2D eigenvalue weighted by molar-refractivity contribution is 5.75. The van der Waals surface area contributed by atoms with E-state index < -0.39 is 0 Å². The normalized spacial score (nSPS) is 10.3. The maximum atomic E-state index is 11.1. The van der Waals surface area contributed by atoms with Gasteiger partial charge in [0.2, 0.25) is 5.43 Å². The van der Waals surface area contributed by atoms with Gasteiger partial charge in [0.05, 0.1) is 5.16 Å². The minimum absolute atomic E-state index is 0.227. The van der Waals surface area contributed by atoms with E-state index in [1.54, 1.807) is 18.2 Å². The molecule has 0 bridgehead atoms. The summed E-state index contributed by atoms with van der Waals surface area (Å²) < 4.78 is 1.22. The Morgan fingerprint density at radius 1 is 1.33 bits per heavy atom. The van der Waals surface area contributed by atoms with Gasteiger partial charge in [-0.2, -0.15) is 0 Å². The van der Waals surface area contributed by atoms with Gasteiger partial charge in [-0.05, 0) is 6.07 Å². The number of hydrogen-bond acceptors (Lipinski definition) is 3. The van der Waals surface area contributed by atoms with Gasteiger partial charge in [-0.3, -0.25) is 4.79 Å². The van der Waals surface area contributed by atoms with Gasteiger partial charge < -0.3 is 9.56 Å². The smallest absolute Gasteiger partial charge is 0.321 e. The molecule has 2 rings (SSSR count). The quantitative estimate of drug-likeness (QED) is 0.405. The van der Waals surface area contributed by atoms with Gasteiger partial charge >= 0.3 is 5.58 Å². The lowest BCUT2D eigenvalue weighted by Crippen LogP contribution is -2.10. The molecule has 0 spiro atoms. The highest BCUT2D eigenvalue weighted by Gasteiger charge is 2.05. The average Bonchev–Trinajstić information content (AvgIpc) is 2.12. The van der Waals surface area contributed by atoms with Crippen LogP contribution in [0.25, 0.3) is 11.0 Å². The molecule has 0 saturated heterocycles. The molecule has 1 aromatic heterocycles. The van der Waals surface area contributed by atoms with Crippen molar-refractivity contribution in [2.24, 2.45) is 0 Å². The molecule has 4 heteroatoms. The summed E-state index contributed by atoms with van der Waals surface area (Å²) in [6.07, 6.45) is 0.986. The highest BCUT2D eigenvalue weighted by Crippen LogP contribution is 2.08. The molecule has 0 aliphatic heterocycles. The third-order valence-electron chi connectivity index (χ3n) is 1.61. The lowest BCUT2D eigenvalue weighted by molar-refractivity contribution is -0.711. The van der Waals surface area contributed by atoms with Gasteiger partial charge in [0.25, 0.3) is 0 Å². The molecule has 0 saturated carbocycles. The molecule has 2 aromatic rings. The molecule has 0 fully saturated rings. The van der Waals surface area contributed by atoms with E-state index >= 15 is 0 Å². The van der Waals surface area contributed by atoms with Crippen LogP contribution in [0.15, 0.2) is 39.6 Å². The first-order valence-electron chi connectivity index (χ1n) is 3.38. The van der Waals surface area contributed by atoms with Crippen LogP contribution < -0.4 is 10.7 Å². The lowest BCUT2D eigenvalue weighted by Gasteiger charge is -2.00. The molecular weight excluding hydrogens is 158 g/mol. The summed E-state index contributed by atoms with van der Waals surface area (Å²) >= 11 is 0. The fourth-order valence-electron chi connectivity index (χ4n) is 1.04. The number of hydrogen-bond donors (Lipinski definition) is 0. The molecule has 0 radical (unpaired) electrons. The fourth-order valence-corrected chi connectivity index (χ4v) is 1.04. The maximum Gasteiger partial charge on any atom is 0.321 e. The number of benzene rings is 1. The van der Waals surface area contributed by atoms with Crippen molar-refractivity contribution in [1.82, 2.24) is 5.16 Å². The van der Waals surface area contributed by atoms with Crippen LogP contribution in [0, 0.1) is 0 Å². The van der Waals surface area contributed by atoms with Crippen molar-refractivity contribution < 1.29 is 9.56 Å². The van der Waals surface area contributed by atoms with Crippen LogP contribution in [0.4, 0.5) is 0 Å². The zero-order valence-corrected chi connectivity index (χ0v) is 6.06. The summed E-state index contributed by atoms with van der Waals surface area (Å²) in [4.78, 5) is 11.1. The summed E-state index contributed by atoms with van der Waals surface area (Å²) in [6.45, 7) is 0. The maximum absolute atomic E-state index is 11.1. The van der Waals surface area contributed by atoms with Crippen LogP contribution in [-0.2, 0) is 0 Å². The first-order chi connectivity index (χ1) is 5.79. The predicted octanol–water partition coefficient (Wildman–Crippen LogP) is -0.00100. The summed E-state index contributed by atoms with van der Waals surface area (Å²) in [5, 5.41) is 14.6. The van der Waals surface area contributed by atoms with Crippen LogP contribution in [0.2, 0.25) is 0 Å². The van der Waals surface area contributed by atoms with Gasteiger partial charge in [0.1, 0.15) is 5.39 Å². The Hall–Kier alpha value is -1.84. The number of fused-ring (bicyclic) bond motifs is 1. The first-order valence-corrected chi connectivity index (χ1v) is 3.38. The Balaban J connectivity index is 3.05. The van der Waals surface area contributed by atoms with Crippen LogP contribution in [0.5, 0.6) is 0 Å². The lowest BCUT2D eigenvalue weighted by atomic mass is 10.2. The van der Waals surface area contributed by atoms with Crippen molar-refractivity contribution in [3.63, 3.8) is 0 Å². The number of nitrogens with zero attached hydrogens (tertiary/aromatic N) is 1. The van der Waals surface area contributed by atoms with Crippen LogP contribution in [-0.4, -0.2) is 5.16 Å². The van der Waals surface area contributed by atoms with Gasteiger partial charge in [-0.25, -0.2) is 0 Å². The highest BCUT2D eigenvalue weighted by atomic mass is 17.2. The third kappa shape index (κ3) is 0.852. The summed E-state index contributed by atoms with van der Waals surface area (Å²) in [7, 11) is 0. The van der Waals surface area contributed by atoms with E-state index in [1.165, 1.54) is 10.4 Å². The van der Waals surface area contributed by atoms with Gasteiger partial charge in [0, 0.05) is 6.07 Å². The van der Waals surface area contributed by atoms with Crippen molar-refractivity contribution >= 4 is 11.0 Å². The van der Waals surface area contributed by atoms with Crippen LogP contribution in [0.3, 0.4) is 0 Å². The van der Waals surface area contributed by atoms with E-state index in [0.29, 0.717) is 5.39 Å². The zero-order valence-electron chi connectivity index (χ0n) is 6.06. The summed E-state index contributed by atoms with van der Waals surface area (Å²) in [5.41, 5.74) is -0.0183. The van der Waals surface area contributed by atoms with Crippen molar-refractivity contribution in [3.05, 3.63) is 40.7 Å². The topological polar surface area (TPSA) is 55.7 Å². The predicted molar refractivity (Wildman–Crippen MR) is 40.3 cm³/mol. The second-order valence-corrected chi connectivity index (χ2v) is 2.34. The molecule has 12 heavy (non-hydrogen) atoms. The molecule has 0 unspecified atom stereocenters. The molecule has 0 aliphatic rings. The molecule has 60 valence electrons. The van der Waals surface area contributed by atoms with Crippen molar-refractivity contribution in [2.75, 3.05) is 0 Å². The van der Waals surface area contributed by atoms with E-state index in [-0.39, 0.29) is 11.0 Å². The second-order valence-electron chi connectivity index (χ2n) is 2.34.